The molecule has 0 aliphatic heterocycles. The predicted octanol–water partition coefficient (Wildman–Crippen LogP) is 1.89. The molecule has 8 nitrogen and oxygen atoms in total. The van der Waals surface area contributed by atoms with Crippen molar-refractivity contribution in [3.63, 3.8) is 0 Å². The van der Waals surface area contributed by atoms with Crippen LogP contribution in [0.3, 0.4) is 0 Å². The van der Waals surface area contributed by atoms with Crippen LogP contribution < -0.4 is 16.0 Å². The lowest BCUT2D eigenvalue weighted by Gasteiger charge is -2.08. The van der Waals surface area contributed by atoms with Crippen LogP contribution in [0, 0.1) is 0 Å². The van der Waals surface area contributed by atoms with Gasteiger partial charge in [-0.3, -0.25) is 9.59 Å². The van der Waals surface area contributed by atoms with E-state index >= 15 is 0 Å². The van der Waals surface area contributed by atoms with Crippen LogP contribution in [0.5, 0.6) is 0 Å². The summed E-state index contributed by atoms with van der Waals surface area (Å²) < 4.78 is 9.41. The highest BCUT2D eigenvalue weighted by Gasteiger charge is 2.08. The maximum Gasteiger partial charge on any atom is 0.319 e. The van der Waals surface area contributed by atoms with Gasteiger partial charge in [0.1, 0.15) is 0 Å². The molecule has 3 N–H and O–H groups in total. The van der Waals surface area contributed by atoms with E-state index in [0.717, 1.165) is 5.56 Å². The number of ether oxygens (including phenoxy) is 1. The summed E-state index contributed by atoms with van der Waals surface area (Å²) in [7, 11) is 1.29. The van der Waals surface area contributed by atoms with Gasteiger partial charge in [0.2, 0.25) is 0 Å². The van der Waals surface area contributed by atoms with Gasteiger partial charge < -0.3 is 25.1 Å². The molecule has 8 heteroatoms. The number of carbonyl (C=O) groups excluding carboxylic acids is 3. The SMILES string of the molecule is COC(=O)CCNC(=O)c1ccc(NC(=O)NCc2ccoc2)cc1. The molecular formula is C17H19N3O5. The molecule has 1 heterocycles. The van der Waals surface area contributed by atoms with E-state index in [1.165, 1.54) is 13.4 Å². The Morgan fingerprint density at radius 1 is 1.08 bits per heavy atom. The molecule has 2 rings (SSSR count). The molecule has 0 spiro atoms. The highest BCUT2D eigenvalue weighted by atomic mass is 16.5. The number of hydrogen-bond donors (Lipinski definition) is 3. The first-order valence-electron chi connectivity index (χ1n) is 7.59. The molecule has 25 heavy (non-hydrogen) atoms. The summed E-state index contributed by atoms with van der Waals surface area (Å²) in [4.78, 5) is 34.7. The summed E-state index contributed by atoms with van der Waals surface area (Å²) in [6.45, 7) is 0.547. The second-order valence-electron chi connectivity index (χ2n) is 5.10. The Balaban J connectivity index is 1.77. The van der Waals surface area contributed by atoms with E-state index in [1.807, 2.05) is 0 Å². The van der Waals surface area contributed by atoms with Crippen molar-refractivity contribution in [2.75, 3.05) is 19.0 Å². The van der Waals surface area contributed by atoms with Gasteiger partial charge in [-0.15, -0.1) is 0 Å². The second-order valence-corrected chi connectivity index (χ2v) is 5.10. The fraction of sp³-hybridized carbons (Fsp3) is 0.235. The molecule has 1 aromatic heterocycles. The van der Waals surface area contributed by atoms with Gasteiger partial charge in [0.15, 0.2) is 0 Å². The molecule has 0 bridgehead atoms. The van der Waals surface area contributed by atoms with Gasteiger partial charge >= 0.3 is 12.0 Å². The molecule has 0 unspecified atom stereocenters. The van der Waals surface area contributed by atoms with E-state index in [1.54, 1.807) is 36.6 Å². The average Bonchev–Trinajstić information content (AvgIpc) is 3.14. The maximum absolute atomic E-state index is 11.9. The van der Waals surface area contributed by atoms with Crippen molar-refractivity contribution in [2.24, 2.45) is 0 Å². The highest BCUT2D eigenvalue weighted by molar-refractivity contribution is 5.95. The first-order chi connectivity index (χ1) is 12.1. The fourth-order valence-corrected chi connectivity index (χ4v) is 1.94. The van der Waals surface area contributed by atoms with Crippen molar-refractivity contribution in [1.29, 1.82) is 0 Å². The van der Waals surface area contributed by atoms with Crippen LogP contribution in [-0.4, -0.2) is 31.6 Å². The number of methoxy groups -OCH3 is 1. The number of hydrogen-bond acceptors (Lipinski definition) is 5. The number of carbonyl (C=O) groups is 3. The summed E-state index contributed by atoms with van der Waals surface area (Å²) >= 11 is 0. The number of anilines is 1. The number of nitrogens with one attached hydrogen (secondary N) is 3. The van der Waals surface area contributed by atoms with Crippen molar-refractivity contribution in [3.05, 3.63) is 54.0 Å². The standard InChI is InChI=1S/C17H19N3O5/c1-24-15(21)6-8-18-16(22)13-2-4-14(5-3-13)20-17(23)19-10-12-7-9-25-11-12/h2-5,7,9,11H,6,8,10H2,1H3,(H,18,22)(H2,19,20,23). The average molecular weight is 345 g/mol. The summed E-state index contributed by atoms with van der Waals surface area (Å²) in [5.74, 6) is -0.693. The van der Waals surface area contributed by atoms with Crippen LogP contribution in [0.1, 0.15) is 22.3 Å². The zero-order valence-electron chi connectivity index (χ0n) is 13.7. The summed E-state index contributed by atoms with van der Waals surface area (Å²) in [6.07, 6.45) is 3.19. The van der Waals surface area contributed by atoms with Gasteiger partial charge in [-0.25, -0.2) is 4.79 Å². The Bertz CT molecular complexity index is 710. The quantitative estimate of drug-likeness (QED) is 0.664. The monoisotopic (exact) mass is 345 g/mol. The number of rotatable bonds is 7. The lowest BCUT2D eigenvalue weighted by Crippen LogP contribution is -2.28. The first kappa shape index (κ1) is 18.1. The Morgan fingerprint density at radius 3 is 2.48 bits per heavy atom. The van der Waals surface area contributed by atoms with Crippen molar-refractivity contribution >= 4 is 23.6 Å². The van der Waals surface area contributed by atoms with Gasteiger partial charge in [0, 0.05) is 29.9 Å². The van der Waals surface area contributed by atoms with Crippen molar-refractivity contribution < 1.29 is 23.5 Å². The number of urea groups is 1. The van der Waals surface area contributed by atoms with E-state index < -0.39 is 0 Å². The van der Waals surface area contributed by atoms with Crippen LogP contribution in [0.2, 0.25) is 0 Å². The topological polar surface area (TPSA) is 110 Å². The van der Waals surface area contributed by atoms with Gasteiger partial charge in [0.05, 0.1) is 26.1 Å². The summed E-state index contributed by atoms with van der Waals surface area (Å²) in [6, 6.07) is 7.79. The highest BCUT2D eigenvalue weighted by Crippen LogP contribution is 2.09. The van der Waals surface area contributed by atoms with Crippen LogP contribution in [0.25, 0.3) is 0 Å². The van der Waals surface area contributed by atoms with Crippen LogP contribution >= 0.6 is 0 Å². The van der Waals surface area contributed by atoms with E-state index in [9.17, 15) is 14.4 Å². The zero-order chi connectivity index (χ0) is 18.1. The lowest BCUT2D eigenvalue weighted by molar-refractivity contribution is -0.140. The molecule has 0 fully saturated rings. The van der Waals surface area contributed by atoms with Crippen LogP contribution in [0.4, 0.5) is 10.5 Å². The number of esters is 1. The number of furan rings is 1. The molecule has 0 saturated carbocycles. The third-order valence-corrected chi connectivity index (χ3v) is 3.28. The number of amides is 3. The van der Waals surface area contributed by atoms with Crippen LogP contribution in [0.15, 0.2) is 47.3 Å². The van der Waals surface area contributed by atoms with E-state index in [2.05, 4.69) is 20.7 Å². The molecule has 0 aliphatic carbocycles. The minimum absolute atomic E-state index is 0.110. The molecule has 3 amide bonds. The molecule has 0 aliphatic rings. The molecule has 1 aromatic carbocycles. The first-order valence-corrected chi connectivity index (χ1v) is 7.59. The molecule has 0 saturated heterocycles. The third kappa shape index (κ3) is 6.02. The third-order valence-electron chi connectivity index (χ3n) is 3.28. The Labute approximate surface area is 144 Å². The molecule has 0 atom stereocenters. The van der Waals surface area contributed by atoms with Crippen molar-refractivity contribution in [1.82, 2.24) is 10.6 Å². The van der Waals surface area contributed by atoms with Crippen LogP contribution in [-0.2, 0) is 16.1 Å². The molecular weight excluding hydrogens is 326 g/mol. The van der Waals surface area contributed by atoms with E-state index in [-0.39, 0.29) is 30.9 Å². The van der Waals surface area contributed by atoms with Gasteiger partial charge in [0.25, 0.3) is 5.91 Å². The summed E-state index contributed by atoms with van der Waals surface area (Å²) in [5, 5.41) is 7.96. The smallest absolute Gasteiger partial charge is 0.319 e. The molecule has 2 aromatic rings. The Hall–Kier alpha value is -3.29. The molecule has 132 valence electrons. The number of benzene rings is 1. The summed E-state index contributed by atoms with van der Waals surface area (Å²) in [5.41, 5.74) is 1.83. The predicted molar refractivity (Wildman–Crippen MR) is 90.0 cm³/mol. The second kappa shape index (κ2) is 9.11. The maximum atomic E-state index is 11.9. The zero-order valence-corrected chi connectivity index (χ0v) is 13.7. The lowest BCUT2D eigenvalue weighted by atomic mass is 10.2. The van der Waals surface area contributed by atoms with E-state index in [4.69, 9.17) is 4.42 Å². The van der Waals surface area contributed by atoms with Crippen molar-refractivity contribution in [2.45, 2.75) is 13.0 Å². The van der Waals surface area contributed by atoms with Crippen molar-refractivity contribution in [3.8, 4) is 0 Å². The normalized spacial score (nSPS) is 9.96. The van der Waals surface area contributed by atoms with Gasteiger partial charge in [-0.2, -0.15) is 0 Å². The van der Waals surface area contributed by atoms with E-state index in [0.29, 0.717) is 17.8 Å². The minimum Gasteiger partial charge on any atom is -0.472 e. The molecule has 0 radical (unpaired) electrons. The Kier molecular flexibility index (Phi) is 6.58. The van der Waals surface area contributed by atoms with Gasteiger partial charge in [-0.05, 0) is 30.3 Å². The minimum atomic E-state index is -0.388. The largest absolute Gasteiger partial charge is 0.472 e. The fourth-order valence-electron chi connectivity index (χ4n) is 1.94. The Morgan fingerprint density at radius 2 is 1.84 bits per heavy atom. The van der Waals surface area contributed by atoms with Gasteiger partial charge in [-0.1, -0.05) is 0 Å².